The Morgan fingerprint density at radius 2 is 2.12 bits per heavy atom. The van der Waals surface area contributed by atoms with Gasteiger partial charge in [-0.15, -0.1) is 5.10 Å². The van der Waals surface area contributed by atoms with Crippen molar-refractivity contribution in [3.63, 3.8) is 0 Å². The molecule has 0 aliphatic carbocycles. The molecular weight excluding hydrogens is 259 g/mol. The topological polar surface area (TPSA) is 56.7 Å². The van der Waals surface area contributed by atoms with Crippen LogP contribution >= 0.6 is 23.2 Å². The predicted octanol–water partition coefficient (Wildman–Crippen LogP) is 2.47. The van der Waals surface area contributed by atoms with E-state index in [1.807, 2.05) is 18.3 Å². The SMILES string of the molecule is NCCCc1cn(-c2cccc(Cl)c2Cl)nn1. The molecule has 17 heavy (non-hydrogen) atoms. The van der Waals surface area contributed by atoms with Crippen LogP contribution in [0.5, 0.6) is 0 Å². The van der Waals surface area contributed by atoms with Gasteiger partial charge in [0.15, 0.2) is 0 Å². The standard InChI is InChI=1S/C11H12Cl2N4/c12-9-4-1-5-10(11(9)13)17-7-8(15-16-17)3-2-6-14/h1,4-5,7H,2-3,6,14H2. The Hall–Kier alpha value is -1.10. The first-order chi connectivity index (χ1) is 8.22. The van der Waals surface area contributed by atoms with Crippen molar-refractivity contribution in [3.05, 3.63) is 40.1 Å². The summed E-state index contributed by atoms with van der Waals surface area (Å²) in [4.78, 5) is 0. The lowest BCUT2D eigenvalue weighted by molar-refractivity contribution is 0.779. The molecule has 0 atom stereocenters. The highest BCUT2D eigenvalue weighted by atomic mass is 35.5. The quantitative estimate of drug-likeness (QED) is 0.929. The lowest BCUT2D eigenvalue weighted by Crippen LogP contribution is -2.00. The maximum absolute atomic E-state index is 6.10. The summed E-state index contributed by atoms with van der Waals surface area (Å²) in [6.07, 6.45) is 3.55. The van der Waals surface area contributed by atoms with E-state index in [4.69, 9.17) is 28.9 Å². The van der Waals surface area contributed by atoms with Crippen LogP contribution in [0, 0.1) is 0 Å². The predicted molar refractivity (Wildman–Crippen MR) is 68.8 cm³/mol. The number of hydrogen-bond donors (Lipinski definition) is 1. The van der Waals surface area contributed by atoms with Crippen LogP contribution in [0.3, 0.4) is 0 Å². The van der Waals surface area contributed by atoms with Crippen molar-refractivity contribution in [2.75, 3.05) is 6.54 Å². The average Bonchev–Trinajstić information content (AvgIpc) is 2.78. The minimum Gasteiger partial charge on any atom is -0.330 e. The van der Waals surface area contributed by atoms with Gasteiger partial charge in [0.05, 0.1) is 27.6 Å². The first-order valence-electron chi connectivity index (χ1n) is 5.28. The van der Waals surface area contributed by atoms with Crippen molar-refractivity contribution < 1.29 is 0 Å². The molecule has 0 amide bonds. The Morgan fingerprint density at radius 1 is 1.29 bits per heavy atom. The Morgan fingerprint density at radius 3 is 2.88 bits per heavy atom. The van der Waals surface area contributed by atoms with Gasteiger partial charge < -0.3 is 5.73 Å². The van der Waals surface area contributed by atoms with Gasteiger partial charge >= 0.3 is 0 Å². The summed E-state index contributed by atoms with van der Waals surface area (Å²) in [5.41, 5.74) is 7.07. The largest absolute Gasteiger partial charge is 0.330 e. The van der Waals surface area contributed by atoms with E-state index in [1.54, 1.807) is 10.7 Å². The summed E-state index contributed by atoms with van der Waals surface area (Å²) >= 11 is 12.0. The molecule has 90 valence electrons. The zero-order chi connectivity index (χ0) is 12.3. The van der Waals surface area contributed by atoms with Gasteiger partial charge in [-0.2, -0.15) is 0 Å². The third-order valence-electron chi connectivity index (χ3n) is 2.36. The monoisotopic (exact) mass is 270 g/mol. The summed E-state index contributed by atoms with van der Waals surface area (Å²) < 4.78 is 1.63. The number of nitrogens with zero attached hydrogens (tertiary/aromatic N) is 3. The summed E-state index contributed by atoms with van der Waals surface area (Å²) in [6, 6.07) is 5.40. The molecule has 0 saturated carbocycles. The molecule has 0 fully saturated rings. The smallest absolute Gasteiger partial charge is 0.0865 e. The van der Waals surface area contributed by atoms with Crippen molar-refractivity contribution in [2.45, 2.75) is 12.8 Å². The van der Waals surface area contributed by atoms with Crippen LogP contribution in [0.4, 0.5) is 0 Å². The highest BCUT2D eigenvalue weighted by Gasteiger charge is 2.08. The Balaban J connectivity index is 2.27. The molecule has 0 unspecified atom stereocenters. The van der Waals surface area contributed by atoms with Crippen LogP contribution in [-0.2, 0) is 6.42 Å². The highest BCUT2D eigenvalue weighted by molar-refractivity contribution is 6.43. The summed E-state index contributed by atoms with van der Waals surface area (Å²) in [7, 11) is 0. The Labute approximate surface area is 109 Å². The third-order valence-corrected chi connectivity index (χ3v) is 3.16. The summed E-state index contributed by atoms with van der Waals surface area (Å²) in [5, 5.41) is 9.06. The van der Waals surface area contributed by atoms with E-state index in [1.165, 1.54) is 0 Å². The number of hydrogen-bond acceptors (Lipinski definition) is 3. The number of nitrogens with two attached hydrogens (primary N) is 1. The first kappa shape index (κ1) is 12.4. The van der Waals surface area contributed by atoms with Gasteiger partial charge in [0.25, 0.3) is 0 Å². The summed E-state index contributed by atoms with van der Waals surface area (Å²) in [6.45, 7) is 0.644. The highest BCUT2D eigenvalue weighted by Crippen LogP contribution is 2.27. The van der Waals surface area contributed by atoms with Crippen LogP contribution in [0.2, 0.25) is 10.0 Å². The zero-order valence-electron chi connectivity index (χ0n) is 9.11. The van der Waals surface area contributed by atoms with Gasteiger partial charge in [0, 0.05) is 0 Å². The molecule has 0 bridgehead atoms. The molecule has 0 spiro atoms. The second-order valence-electron chi connectivity index (χ2n) is 3.62. The molecule has 0 aliphatic rings. The second kappa shape index (κ2) is 5.49. The minimum absolute atomic E-state index is 0.476. The number of benzene rings is 1. The van der Waals surface area contributed by atoms with Crippen LogP contribution in [0.1, 0.15) is 12.1 Å². The second-order valence-corrected chi connectivity index (χ2v) is 4.40. The molecule has 0 radical (unpaired) electrons. The maximum Gasteiger partial charge on any atom is 0.0865 e. The number of aryl methyl sites for hydroxylation is 1. The van der Waals surface area contributed by atoms with E-state index in [2.05, 4.69) is 10.3 Å². The average molecular weight is 271 g/mol. The maximum atomic E-state index is 6.10. The van der Waals surface area contributed by atoms with Crippen molar-refractivity contribution in [2.24, 2.45) is 5.73 Å². The van der Waals surface area contributed by atoms with Gasteiger partial charge in [-0.25, -0.2) is 4.68 Å². The lowest BCUT2D eigenvalue weighted by Gasteiger charge is -2.03. The fraction of sp³-hybridized carbons (Fsp3) is 0.273. The molecule has 0 saturated heterocycles. The minimum atomic E-state index is 0.476. The van der Waals surface area contributed by atoms with E-state index in [-0.39, 0.29) is 0 Å². The molecule has 2 N–H and O–H groups in total. The van der Waals surface area contributed by atoms with E-state index < -0.39 is 0 Å². The van der Waals surface area contributed by atoms with E-state index >= 15 is 0 Å². The molecule has 0 aliphatic heterocycles. The normalized spacial score (nSPS) is 10.8. The van der Waals surface area contributed by atoms with Crippen molar-refractivity contribution in [1.82, 2.24) is 15.0 Å². The molecular formula is C11H12Cl2N4. The molecule has 1 aromatic carbocycles. The number of rotatable bonds is 4. The lowest BCUT2D eigenvalue weighted by atomic mass is 10.2. The zero-order valence-corrected chi connectivity index (χ0v) is 10.6. The van der Waals surface area contributed by atoms with Gasteiger partial charge in [0.1, 0.15) is 0 Å². The molecule has 4 nitrogen and oxygen atoms in total. The first-order valence-corrected chi connectivity index (χ1v) is 6.03. The molecule has 2 rings (SSSR count). The van der Waals surface area contributed by atoms with Gasteiger partial charge in [-0.05, 0) is 31.5 Å². The summed E-state index contributed by atoms with van der Waals surface area (Å²) in [5.74, 6) is 0. The molecule has 1 aromatic heterocycles. The fourth-order valence-electron chi connectivity index (χ4n) is 1.48. The van der Waals surface area contributed by atoms with Crippen LogP contribution in [0.25, 0.3) is 5.69 Å². The van der Waals surface area contributed by atoms with Gasteiger partial charge in [-0.1, -0.05) is 34.5 Å². The molecule has 1 heterocycles. The van der Waals surface area contributed by atoms with Crippen molar-refractivity contribution in [1.29, 1.82) is 0 Å². The molecule has 2 aromatic rings. The number of halogens is 2. The van der Waals surface area contributed by atoms with Crippen LogP contribution < -0.4 is 5.73 Å². The number of aromatic nitrogens is 3. The van der Waals surface area contributed by atoms with E-state index in [0.717, 1.165) is 24.2 Å². The van der Waals surface area contributed by atoms with Crippen LogP contribution in [-0.4, -0.2) is 21.5 Å². The Kier molecular flexibility index (Phi) is 3.99. The van der Waals surface area contributed by atoms with Gasteiger partial charge in [-0.3, -0.25) is 0 Å². The third kappa shape index (κ3) is 2.77. The van der Waals surface area contributed by atoms with Crippen molar-refractivity contribution >= 4 is 23.2 Å². The van der Waals surface area contributed by atoms with Crippen molar-refractivity contribution in [3.8, 4) is 5.69 Å². The molecule has 6 heteroatoms. The van der Waals surface area contributed by atoms with Gasteiger partial charge in [0.2, 0.25) is 0 Å². The Bertz CT molecular complexity index is 510. The van der Waals surface area contributed by atoms with E-state index in [9.17, 15) is 0 Å². The van der Waals surface area contributed by atoms with E-state index in [0.29, 0.717) is 16.6 Å². The fourth-order valence-corrected chi connectivity index (χ4v) is 1.87. The van der Waals surface area contributed by atoms with Crippen LogP contribution in [0.15, 0.2) is 24.4 Å².